The lowest BCUT2D eigenvalue weighted by atomic mass is 9.94. The molecule has 3 heteroatoms. The fourth-order valence-corrected chi connectivity index (χ4v) is 2.79. The van der Waals surface area contributed by atoms with E-state index >= 15 is 0 Å². The molecule has 2 N–H and O–H groups in total. The first-order valence-electron chi connectivity index (χ1n) is 7.72. The smallest absolute Gasteiger partial charge is 0.220 e. The molecule has 1 fully saturated rings. The van der Waals surface area contributed by atoms with E-state index in [4.69, 9.17) is 0 Å². The van der Waals surface area contributed by atoms with Gasteiger partial charge in [-0.2, -0.15) is 0 Å². The number of carbonyl (C=O) groups excluding carboxylic acids is 1. The first-order valence-corrected chi connectivity index (χ1v) is 7.72. The summed E-state index contributed by atoms with van der Waals surface area (Å²) >= 11 is 0. The van der Waals surface area contributed by atoms with Crippen molar-refractivity contribution in [3.63, 3.8) is 0 Å². The van der Waals surface area contributed by atoms with Crippen LogP contribution < -0.4 is 10.6 Å². The maximum atomic E-state index is 12.0. The molecule has 20 heavy (non-hydrogen) atoms. The Kier molecular flexibility index (Phi) is 5.60. The van der Waals surface area contributed by atoms with Gasteiger partial charge in [-0.3, -0.25) is 4.79 Å². The second-order valence-electron chi connectivity index (χ2n) is 5.95. The molecule has 1 amide bonds. The molecular weight excluding hydrogens is 248 g/mol. The van der Waals surface area contributed by atoms with Gasteiger partial charge in [0.05, 0.1) is 0 Å². The quantitative estimate of drug-likeness (QED) is 0.837. The Morgan fingerprint density at radius 1 is 1.35 bits per heavy atom. The van der Waals surface area contributed by atoms with Crippen molar-refractivity contribution >= 4 is 5.91 Å². The Morgan fingerprint density at radius 2 is 2.10 bits per heavy atom. The Labute approximate surface area is 122 Å². The molecule has 3 unspecified atom stereocenters. The van der Waals surface area contributed by atoms with Crippen LogP contribution in [0.3, 0.4) is 0 Å². The van der Waals surface area contributed by atoms with Crippen molar-refractivity contribution in [3.05, 3.63) is 35.9 Å². The summed E-state index contributed by atoms with van der Waals surface area (Å²) in [6, 6.07) is 10.5. The van der Waals surface area contributed by atoms with E-state index in [1.54, 1.807) is 0 Å². The molecule has 1 aromatic carbocycles. The predicted octanol–water partition coefficient (Wildman–Crippen LogP) is 2.68. The summed E-state index contributed by atoms with van der Waals surface area (Å²) in [5.41, 5.74) is 1.28. The molecule has 0 saturated carbocycles. The van der Waals surface area contributed by atoms with Gasteiger partial charge in [-0.25, -0.2) is 0 Å². The minimum absolute atomic E-state index is 0.173. The predicted molar refractivity (Wildman–Crippen MR) is 82.7 cm³/mol. The first-order chi connectivity index (χ1) is 9.66. The summed E-state index contributed by atoms with van der Waals surface area (Å²) in [7, 11) is 0. The SMILES string of the molecule is CC(NC(=O)CCC1CCNC1)C(C)c1ccccc1. The summed E-state index contributed by atoms with van der Waals surface area (Å²) in [5, 5.41) is 6.49. The first kappa shape index (κ1) is 15.0. The van der Waals surface area contributed by atoms with Gasteiger partial charge in [0.1, 0.15) is 0 Å². The zero-order valence-electron chi connectivity index (χ0n) is 12.6. The Hall–Kier alpha value is -1.35. The maximum Gasteiger partial charge on any atom is 0.220 e. The van der Waals surface area contributed by atoms with Crippen LogP contribution in [-0.4, -0.2) is 25.0 Å². The van der Waals surface area contributed by atoms with Crippen LogP contribution in [0.5, 0.6) is 0 Å². The third-order valence-corrected chi connectivity index (χ3v) is 4.41. The van der Waals surface area contributed by atoms with E-state index < -0.39 is 0 Å². The van der Waals surface area contributed by atoms with Crippen molar-refractivity contribution in [2.75, 3.05) is 13.1 Å². The average molecular weight is 274 g/mol. The van der Waals surface area contributed by atoms with Crippen molar-refractivity contribution in [1.82, 2.24) is 10.6 Å². The molecule has 0 aliphatic carbocycles. The van der Waals surface area contributed by atoms with Crippen LogP contribution in [0.2, 0.25) is 0 Å². The molecule has 1 heterocycles. The second-order valence-corrected chi connectivity index (χ2v) is 5.95. The van der Waals surface area contributed by atoms with Crippen molar-refractivity contribution in [2.24, 2.45) is 5.92 Å². The molecule has 1 aliphatic heterocycles. The minimum atomic E-state index is 0.173. The number of nitrogens with one attached hydrogen (secondary N) is 2. The number of rotatable bonds is 6. The van der Waals surface area contributed by atoms with E-state index in [2.05, 4.69) is 36.6 Å². The standard InChI is InChI=1S/C17H26N2O/c1-13(16-6-4-3-5-7-16)14(2)19-17(20)9-8-15-10-11-18-12-15/h3-7,13-15,18H,8-12H2,1-2H3,(H,19,20). The minimum Gasteiger partial charge on any atom is -0.353 e. The highest BCUT2D eigenvalue weighted by atomic mass is 16.1. The number of hydrogen-bond acceptors (Lipinski definition) is 2. The number of hydrogen-bond donors (Lipinski definition) is 2. The maximum absolute atomic E-state index is 12.0. The molecule has 2 rings (SSSR count). The van der Waals surface area contributed by atoms with Crippen LogP contribution >= 0.6 is 0 Å². The lowest BCUT2D eigenvalue weighted by Crippen LogP contribution is -2.36. The lowest BCUT2D eigenvalue weighted by Gasteiger charge is -2.22. The van der Waals surface area contributed by atoms with E-state index in [9.17, 15) is 4.79 Å². The molecule has 0 spiro atoms. The molecule has 1 saturated heterocycles. The lowest BCUT2D eigenvalue weighted by molar-refractivity contribution is -0.122. The van der Waals surface area contributed by atoms with Crippen molar-refractivity contribution in [1.29, 1.82) is 0 Å². The van der Waals surface area contributed by atoms with E-state index in [0.717, 1.165) is 19.5 Å². The summed E-state index contributed by atoms with van der Waals surface area (Å²) < 4.78 is 0. The molecular formula is C17H26N2O. The zero-order chi connectivity index (χ0) is 14.4. The van der Waals surface area contributed by atoms with Gasteiger partial charge in [-0.1, -0.05) is 37.3 Å². The normalized spacial score (nSPS) is 21.4. The Morgan fingerprint density at radius 3 is 2.75 bits per heavy atom. The highest BCUT2D eigenvalue weighted by molar-refractivity contribution is 5.76. The van der Waals surface area contributed by atoms with Crippen molar-refractivity contribution in [3.8, 4) is 0 Å². The third-order valence-electron chi connectivity index (χ3n) is 4.41. The Bertz CT molecular complexity index is 412. The largest absolute Gasteiger partial charge is 0.353 e. The monoisotopic (exact) mass is 274 g/mol. The van der Waals surface area contributed by atoms with Gasteiger partial charge in [0.2, 0.25) is 5.91 Å². The van der Waals surface area contributed by atoms with Gasteiger partial charge >= 0.3 is 0 Å². The van der Waals surface area contributed by atoms with Gasteiger partial charge in [-0.05, 0) is 44.3 Å². The van der Waals surface area contributed by atoms with Crippen LogP contribution in [0.25, 0.3) is 0 Å². The summed E-state index contributed by atoms with van der Waals surface area (Å²) in [6.07, 6.45) is 2.87. The zero-order valence-corrected chi connectivity index (χ0v) is 12.6. The van der Waals surface area contributed by atoms with Gasteiger partial charge < -0.3 is 10.6 Å². The highest BCUT2D eigenvalue weighted by Gasteiger charge is 2.19. The molecule has 0 aromatic heterocycles. The van der Waals surface area contributed by atoms with Crippen molar-refractivity contribution < 1.29 is 4.79 Å². The fourth-order valence-electron chi connectivity index (χ4n) is 2.79. The number of benzene rings is 1. The molecule has 110 valence electrons. The van der Waals surface area contributed by atoms with Crippen LogP contribution in [0.1, 0.15) is 44.6 Å². The van der Waals surface area contributed by atoms with Crippen LogP contribution in [0.15, 0.2) is 30.3 Å². The van der Waals surface area contributed by atoms with Gasteiger partial charge in [0, 0.05) is 18.4 Å². The average Bonchev–Trinajstić information content (AvgIpc) is 2.98. The van der Waals surface area contributed by atoms with Gasteiger partial charge in [0.25, 0.3) is 0 Å². The van der Waals surface area contributed by atoms with Crippen molar-refractivity contribution in [2.45, 2.75) is 45.1 Å². The van der Waals surface area contributed by atoms with E-state index in [1.165, 1.54) is 12.0 Å². The molecule has 0 bridgehead atoms. The topological polar surface area (TPSA) is 41.1 Å². The third kappa shape index (κ3) is 4.34. The van der Waals surface area contributed by atoms with Crippen LogP contribution in [0.4, 0.5) is 0 Å². The van der Waals surface area contributed by atoms with Crippen LogP contribution in [-0.2, 0) is 4.79 Å². The number of carbonyl (C=O) groups is 1. The molecule has 1 aliphatic rings. The van der Waals surface area contributed by atoms with E-state index in [0.29, 0.717) is 18.3 Å². The summed E-state index contributed by atoms with van der Waals surface area (Å²) in [6.45, 7) is 6.44. The number of amides is 1. The fraction of sp³-hybridized carbons (Fsp3) is 0.588. The second kappa shape index (κ2) is 7.44. The molecule has 3 nitrogen and oxygen atoms in total. The Balaban J connectivity index is 1.75. The summed E-state index contributed by atoms with van der Waals surface area (Å²) in [5.74, 6) is 1.21. The van der Waals surface area contributed by atoms with E-state index in [-0.39, 0.29) is 11.9 Å². The molecule has 1 aromatic rings. The summed E-state index contributed by atoms with van der Waals surface area (Å²) in [4.78, 5) is 12.0. The van der Waals surface area contributed by atoms with Gasteiger partial charge in [-0.15, -0.1) is 0 Å². The van der Waals surface area contributed by atoms with Crippen LogP contribution in [0, 0.1) is 5.92 Å². The van der Waals surface area contributed by atoms with Gasteiger partial charge in [0.15, 0.2) is 0 Å². The van der Waals surface area contributed by atoms with E-state index in [1.807, 2.05) is 18.2 Å². The molecule has 0 radical (unpaired) electrons. The molecule has 3 atom stereocenters. The highest BCUT2D eigenvalue weighted by Crippen LogP contribution is 2.19.